The molecule has 0 N–H and O–H groups in total. The van der Waals surface area contributed by atoms with Gasteiger partial charge in [0.05, 0.1) is 5.69 Å². The van der Waals surface area contributed by atoms with Crippen molar-refractivity contribution in [2.45, 2.75) is 58.5 Å². The van der Waals surface area contributed by atoms with Crippen LogP contribution in [0.4, 0.5) is 22.9 Å². The smallest absolute Gasteiger partial charge is 0.158 e. The first-order valence-corrected chi connectivity index (χ1v) is 14.2. The molecule has 0 amide bonds. The van der Waals surface area contributed by atoms with E-state index in [0.29, 0.717) is 0 Å². The van der Waals surface area contributed by atoms with Crippen molar-refractivity contribution in [2.75, 3.05) is 9.80 Å². The van der Waals surface area contributed by atoms with Gasteiger partial charge in [-0.15, -0.1) is 6.58 Å². The van der Waals surface area contributed by atoms with E-state index in [1.54, 1.807) is 0 Å². The number of pyridine rings is 1. The summed E-state index contributed by atoms with van der Waals surface area (Å²) in [4.78, 5) is 10.1. The zero-order chi connectivity index (χ0) is 26.9. The average Bonchev–Trinajstić information content (AvgIpc) is 3.52. The van der Waals surface area contributed by atoms with Gasteiger partial charge in [0.25, 0.3) is 0 Å². The Morgan fingerprint density at radius 1 is 0.872 bits per heavy atom. The molecule has 5 aromatic rings. The zero-order valence-electron chi connectivity index (χ0n) is 23.2. The van der Waals surface area contributed by atoms with Crippen LogP contribution in [0.15, 0.2) is 96.1 Å². The Labute approximate surface area is 230 Å². The molecule has 3 aromatic carbocycles. The van der Waals surface area contributed by atoms with Gasteiger partial charge in [-0.25, -0.2) is 4.98 Å². The molecule has 4 heterocycles. The van der Waals surface area contributed by atoms with Crippen LogP contribution < -0.4 is 9.80 Å². The Kier molecular flexibility index (Phi) is 5.22. The van der Waals surface area contributed by atoms with Crippen LogP contribution in [0.5, 0.6) is 0 Å². The molecule has 4 heteroatoms. The van der Waals surface area contributed by atoms with Crippen molar-refractivity contribution >= 4 is 44.8 Å². The molecule has 0 saturated heterocycles. The Balaban J connectivity index is 1.57. The molecule has 0 spiro atoms. The molecule has 196 valence electrons. The lowest BCUT2D eigenvalue weighted by Crippen LogP contribution is -2.63. The van der Waals surface area contributed by atoms with Crippen molar-refractivity contribution in [3.05, 3.63) is 103 Å². The molecule has 7 rings (SSSR count). The van der Waals surface area contributed by atoms with Crippen LogP contribution in [0.25, 0.3) is 21.9 Å². The fraction of sp³-hybridized carbons (Fsp3) is 0.286. The SMILES string of the molecule is C=CCC1(CC)c2ccccc2N2c3ncccc3N(c3ccc4oc5ccccc5c4c3C)C2C1(C)CC. The maximum absolute atomic E-state index is 6.27. The molecule has 2 aliphatic rings. The summed E-state index contributed by atoms with van der Waals surface area (Å²) in [5.41, 5.74) is 7.94. The van der Waals surface area contributed by atoms with Crippen molar-refractivity contribution in [3.8, 4) is 0 Å². The van der Waals surface area contributed by atoms with Crippen molar-refractivity contribution in [3.63, 3.8) is 0 Å². The van der Waals surface area contributed by atoms with E-state index in [1.807, 2.05) is 12.3 Å². The molecule has 4 nitrogen and oxygen atoms in total. The van der Waals surface area contributed by atoms with E-state index in [0.717, 1.165) is 47.3 Å². The van der Waals surface area contributed by atoms with Crippen molar-refractivity contribution in [1.29, 1.82) is 0 Å². The highest BCUT2D eigenvalue weighted by Gasteiger charge is 2.62. The van der Waals surface area contributed by atoms with Crippen LogP contribution in [-0.2, 0) is 5.41 Å². The maximum atomic E-state index is 6.27. The molecule has 2 aliphatic heterocycles. The topological polar surface area (TPSA) is 32.5 Å². The number of hydrogen-bond donors (Lipinski definition) is 0. The van der Waals surface area contributed by atoms with Crippen LogP contribution in [0.3, 0.4) is 0 Å². The average molecular weight is 514 g/mol. The van der Waals surface area contributed by atoms with Crippen LogP contribution in [0, 0.1) is 12.3 Å². The van der Waals surface area contributed by atoms with Crippen molar-refractivity contribution in [1.82, 2.24) is 4.98 Å². The number of rotatable bonds is 5. The Morgan fingerprint density at radius 2 is 1.64 bits per heavy atom. The first kappa shape index (κ1) is 24.0. The third kappa shape index (κ3) is 2.92. The highest BCUT2D eigenvalue weighted by atomic mass is 16.3. The third-order valence-electron chi connectivity index (χ3n) is 9.95. The molecular formula is C35H35N3O. The molecule has 0 aliphatic carbocycles. The summed E-state index contributed by atoms with van der Waals surface area (Å²) in [5.74, 6) is 1.02. The molecule has 0 fully saturated rings. The van der Waals surface area contributed by atoms with E-state index in [4.69, 9.17) is 9.40 Å². The van der Waals surface area contributed by atoms with Gasteiger partial charge in [0.2, 0.25) is 0 Å². The summed E-state index contributed by atoms with van der Waals surface area (Å²) in [6.07, 6.45) is 7.09. The summed E-state index contributed by atoms with van der Waals surface area (Å²) in [7, 11) is 0. The fourth-order valence-electron chi connectivity index (χ4n) is 7.93. The monoisotopic (exact) mass is 513 g/mol. The predicted molar refractivity (Wildman–Crippen MR) is 162 cm³/mol. The summed E-state index contributed by atoms with van der Waals surface area (Å²) >= 11 is 0. The number of benzene rings is 3. The number of hydrogen-bond acceptors (Lipinski definition) is 4. The van der Waals surface area contributed by atoms with Gasteiger partial charge in [-0.3, -0.25) is 0 Å². The summed E-state index contributed by atoms with van der Waals surface area (Å²) < 4.78 is 6.27. The Bertz CT molecular complexity index is 1750. The lowest BCUT2D eigenvalue weighted by atomic mass is 9.52. The van der Waals surface area contributed by atoms with Crippen molar-refractivity contribution in [2.24, 2.45) is 5.41 Å². The Morgan fingerprint density at radius 3 is 2.44 bits per heavy atom. The molecule has 3 unspecified atom stereocenters. The minimum absolute atomic E-state index is 0.0523. The van der Waals surface area contributed by atoms with E-state index < -0.39 is 0 Å². The number of furan rings is 1. The van der Waals surface area contributed by atoms with E-state index in [-0.39, 0.29) is 17.0 Å². The minimum Gasteiger partial charge on any atom is -0.456 e. The summed E-state index contributed by atoms with van der Waals surface area (Å²) in [6.45, 7) is 13.7. The van der Waals surface area contributed by atoms with E-state index in [1.165, 1.54) is 27.9 Å². The quantitative estimate of drug-likeness (QED) is 0.219. The molecule has 39 heavy (non-hydrogen) atoms. The number of aromatic nitrogens is 1. The molecule has 0 bridgehead atoms. The molecule has 0 radical (unpaired) electrons. The number of aryl methyl sites for hydroxylation is 1. The number of nitrogens with zero attached hydrogens (tertiary/aromatic N) is 3. The second-order valence-corrected chi connectivity index (χ2v) is 11.4. The zero-order valence-corrected chi connectivity index (χ0v) is 23.2. The summed E-state index contributed by atoms with van der Waals surface area (Å²) in [5, 5.41) is 2.35. The van der Waals surface area contributed by atoms with E-state index >= 15 is 0 Å². The standard InChI is InChI=1S/C35H35N3O/c1-6-21-35(8-3)25-15-10-11-16-27(25)38-32-28(17-13-22-36-32)37(33(38)34(35,5)7-2)26-19-20-30-31(23(26)4)24-14-9-12-18-29(24)39-30/h6,9-20,22,33H,1,7-8,21H2,2-5H3. The second kappa shape index (κ2) is 8.47. The van der Waals surface area contributed by atoms with Gasteiger partial charge in [-0.05, 0) is 73.7 Å². The van der Waals surface area contributed by atoms with Gasteiger partial charge in [-0.1, -0.05) is 63.2 Å². The van der Waals surface area contributed by atoms with Gasteiger partial charge in [-0.2, -0.15) is 0 Å². The maximum Gasteiger partial charge on any atom is 0.158 e. The highest BCUT2D eigenvalue weighted by Crippen LogP contribution is 2.65. The molecule has 2 aromatic heterocycles. The van der Waals surface area contributed by atoms with Crippen LogP contribution in [0.2, 0.25) is 0 Å². The lowest BCUT2D eigenvalue weighted by molar-refractivity contribution is 0.0830. The first-order valence-electron chi connectivity index (χ1n) is 14.2. The van der Waals surface area contributed by atoms with Crippen molar-refractivity contribution < 1.29 is 4.42 Å². The van der Waals surface area contributed by atoms with Gasteiger partial charge < -0.3 is 14.2 Å². The molecule has 0 saturated carbocycles. The van der Waals surface area contributed by atoms with Crippen LogP contribution in [-0.4, -0.2) is 11.1 Å². The number of anilines is 4. The highest BCUT2D eigenvalue weighted by molar-refractivity contribution is 6.09. The van der Waals surface area contributed by atoms with Gasteiger partial charge in [0.1, 0.15) is 17.3 Å². The van der Waals surface area contributed by atoms with Crippen LogP contribution >= 0.6 is 0 Å². The van der Waals surface area contributed by atoms with Gasteiger partial charge in [0.15, 0.2) is 5.82 Å². The normalized spacial score (nSPS) is 23.6. The van der Waals surface area contributed by atoms with Crippen LogP contribution in [0.1, 0.15) is 51.2 Å². The second-order valence-electron chi connectivity index (χ2n) is 11.4. The number of allylic oxidation sites excluding steroid dienone is 1. The summed E-state index contributed by atoms with van der Waals surface area (Å²) in [6, 6.07) is 26.0. The van der Waals surface area contributed by atoms with E-state index in [2.05, 4.69) is 117 Å². The molecule has 3 atom stereocenters. The number of fused-ring (bicyclic) bond motifs is 8. The minimum atomic E-state index is -0.106. The van der Waals surface area contributed by atoms with Gasteiger partial charge >= 0.3 is 0 Å². The molecular weight excluding hydrogens is 478 g/mol. The van der Waals surface area contributed by atoms with Gasteiger partial charge in [0, 0.05) is 39.2 Å². The fourth-order valence-corrected chi connectivity index (χ4v) is 7.93. The Hall–Kier alpha value is -4.05. The lowest BCUT2D eigenvalue weighted by Gasteiger charge is -2.60. The number of para-hydroxylation sites is 2. The van der Waals surface area contributed by atoms with E-state index in [9.17, 15) is 0 Å². The predicted octanol–water partition coefficient (Wildman–Crippen LogP) is 9.56. The largest absolute Gasteiger partial charge is 0.456 e. The third-order valence-corrected chi connectivity index (χ3v) is 9.95. The first-order chi connectivity index (χ1) is 19.0.